The number of fused-ring (bicyclic) bond motifs is 1. The van der Waals surface area contributed by atoms with Gasteiger partial charge in [0.25, 0.3) is 0 Å². The maximum Gasteiger partial charge on any atom is 0.123 e. The Morgan fingerprint density at radius 2 is 2.00 bits per heavy atom. The molecule has 16 heavy (non-hydrogen) atoms. The molecule has 0 amide bonds. The summed E-state index contributed by atoms with van der Waals surface area (Å²) in [7, 11) is 0. The van der Waals surface area contributed by atoms with E-state index in [1.807, 2.05) is 23.5 Å². The van der Waals surface area contributed by atoms with E-state index in [1.54, 1.807) is 0 Å². The molecule has 0 saturated carbocycles. The van der Waals surface area contributed by atoms with Crippen LogP contribution in [0.1, 0.15) is 10.4 Å². The van der Waals surface area contributed by atoms with Crippen molar-refractivity contribution in [2.75, 3.05) is 6.54 Å². The van der Waals surface area contributed by atoms with Gasteiger partial charge < -0.3 is 5.32 Å². The summed E-state index contributed by atoms with van der Waals surface area (Å²) in [5.74, 6) is -0.174. The fraction of sp³-hybridized carbons (Fsp3) is 0.231. The fourth-order valence-corrected chi connectivity index (χ4v) is 3.20. The largest absolute Gasteiger partial charge is 0.312 e. The fourth-order valence-electron chi connectivity index (χ4n) is 2.01. The van der Waals surface area contributed by atoms with Crippen LogP contribution < -0.4 is 5.32 Å². The van der Waals surface area contributed by atoms with Gasteiger partial charge in [0.1, 0.15) is 5.82 Å². The summed E-state index contributed by atoms with van der Waals surface area (Å²) in [6.07, 6.45) is 1.10. The Balaban J connectivity index is 2.00. The van der Waals surface area contributed by atoms with Crippen molar-refractivity contribution >= 4 is 11.3 Å². The molecular weight excluding hydrogens is 221 g/mol. The zero-order valence-corrected chi connectivity index (χ0v) is 9.61. The van der Waals surface area contributed by atoms with Gasteiger partial charge in [-0.05, 0) is 42.3 Å². The average Bonchev–Trinajstić information content (AvgIpc) is 2.73. The second kappa shape index (κ2) is 4.00. The van der Waals surface area contributed by atoms with Gasteiger partial charge in [0, 0.05) is 16.3 Å². The summed E-state index contributed by atoms with van der Waals surface area (Å²) in [5, 5.41) is 3.37. The van der Waals surface area contributed by atoms with Gasteiger partial charge in [-0.25, -0.2) is 4.39 Å². The third kappa shape index (κ3) is 1.77. The molecule has 82 valence electrons. The van der Waals surface area contributed by atoms with Crippen LogP contribution in [0.2, 0.25) is 0 Å². The highest BCUT2D eigenvalue weighted by Gasteiger charge is 2.13. The lowest BCUT2D eigenvalue weighted by Crippen LogP contribution is -2.21. The van der Waals surface area contributed by atoms with Gasteiger partial charge >= 0.3 is 0 Å². The molecule has 3 rings (SSSR count). The van der Waals surface area contributed by atoms with E-state index in [2.05, 4.69) is 11.4 Å². The van der Waals surface area contributed by atoms with Gasteiger partial charge in [0.05, 0.1) is 0 Å². The van der Waals surface area contributed by atoms with E-state index in [9.17, 15) is 4.39 Å². The maximum absolute atomic E-state index is 12.8. The van der Waals surface area contributed by atoms with E-state index in [1.165, 1.54) is 27.5 Å². The molecular formula is C13H12FNS. The predicted octanol–water partition coefficient (Wildman–Crippen LogP) is 3.20. The average molecular weight is 233 g/mol. The Morgan fingerprint density at radius 3 is 2.75 bits per heavy atom. The molecule has 1 aliphatic rings. The number of halogens is 1. The highest BCUT2D eigenvalue weighted by atomic mass is 32.1. The topological polar surface area (TPSA) is 12.0 Å². The van der Waals surface area contributed by atoms with Crippen molar-refractivity contribution in [2.24, 2.45) is 0 Å². The van der Waals surface area contributed by atoms with E-state index in [0.717, 1.165) is 25.1 Å². The number of rotatable bonds is 1. The molecule has 1 N–H and O–H groups in total. The van der Waals surface area contributed by atoms with Crippen LogP contribution in [0.25, 0.3) is 10.4 Å². The quantitative estimate of drug-likeness (QED) is 0.797. The summed E-state index contributed by atoms with van der Waals surface area (Å²) in [5.41, 5.74) is 2.56. The van der Waals surface area contributed by atoms with Gasteiger partial charge in [-0.3, -0.25) is 0 Å². The monoisotopic (exact) mass is 233 g/mol. The molecule has 0 bridgehead atoms. The SMILES string of the molecule is Fc1ccc(-c2cc3c(s2)CNCC3)cc1. The molecule has 0 spiro atoms. The van der Waals surface area contributed by atoms with Crippen molar-refractivity contribution < 1.29 is 4.39 Å². The highest BCUT2D eigenvalue weighted by Crippen LogP contribution is 2.33. The summed E-state index contributed by atoms with van der Waals surface area (Å²) < 4.78 is 12.8. The van der Waals surface area contributed by atoms with Crippen LogP contribution in [0.4, 0.5) is 4.39 Å². The first kappa shape index (κ1) is 10.00. The Hall–Kier alpha value is -1.19. The van der Waals surface area contributed by atoms with Gasteiger partial charge in [0.15, 0.2) is 0 Å². The zero-order valence-electron chi connectivity index (χ0n) is 8.79. The predicted molar refractivity (Wildman–Crippen MR) is 65.1 cm³/mol. The summed E-state index contributed by atoms with van der Waals surface area (Å²) >= 11 is 1.81. The van der Waals surface area contributed by atoms with Crippen molar-refractivity contribution in [2.45, 2.75) is 13.0 Å². The van der Waals surface area contributed by atoms with Crippen molar-refractivity contribution in [1.82, 2.24) is 5.32 Å². The summed E-state index contributed by atoms with van der Waals surface area (Å²) in [6.45, 7) is 2.04. The molecule has 1 aliphatic heterocycles. The van der Waals surface area contributed by atoms with Crippen LogP contribution in [-0.2, 0) is 13.0 Å². The Labute approximate surface area is 97.9 Å². The maximum atomic E-state index is 12.8. The van der Waals surface area contributed by atoms with Crippen LogP contribution in [0, 0.1) is 5.82 Å². The molecule has 0 saturated heterocycles. The minimum atomic E-state index is -0.174. The van der Waals surface area contributed by atoms with Crippen molar-refractivity contribution in [1.29, 1.82) is 0 Å². The van der Waals surface area contributed by atoms with E-state index < -0.39 is 0 Å². The number of benzene rings is 1. The second-order valence-electron chi connectivity index (χ2n) is 3.99. The van der Waals surface area contributed by atoms with E-state index in [-0.39, 0.29) is 5.82 Å². The van der Waals surface area contributed by atoms with Crippen molar-refractivity contribution in [3.8, 4) is 10.4 Å². The van der Waals surface area contributed by atoms with Gasteiger partial charge in [-0.15, -0.1) is 11.3 Å². The molecule has 0 atom stereocenters. The molecule has 0 aliphatic carbocycles. The molecule has 2 heterocycles. The van der Waals surface area contributed by atoms with E-state index in [4.69, 9.17) is 0 Å². The smallest absolute Gasteiger partial charge is 0.123 e. The minimum absolute atomic E-state index is 0.174. The first-order valence-corrected chi connectivity index (χ1v) is 6.23. The zero-order chi connectivity index (χ0) is 11.0. The molecule has 0 radical (unpaired) electrons. The van der Waals surface area contributed by atoms with E-state index >= 15 is 0 Å². The summed E-state index contributed by atoms with van der Waals surface area (Å²) in [6, 6.07) is 8.98. The van der Waals surface area contributed by atoms with Crippen LogP contribution in [0.15, 0.2) is 30.3 Å². The number of hydrogen-bond donors (Lipinski definition) is 1. The molecule has 1 aromatic heterocycles. The van der Waals surface area contributed by atoms with Gasteiger partial charge in [0.2, 0.25) is 0 Å². The van der Waals surface area contributed by atoms with Crippen LogP contribution >= 0.6 is 11.3 Å². The third-order valence-electron chi connectivity index (χ3n) is 2.88. The van der Waals surface area contributed by atoms with Crippen LogP contribution in [0.3, 0.4) is 0 Å². The molecule has 1 nitrogen and oxygen atoms in total. The van der Waals surface area contributed by atoms with Crippen LogP contribution in [-0.4, -0.2) is 6.54 Å². The van der Waals surface area contributed by atoms with Crippen molar-refractivity contribution in [3.05, 3.63) is 46.6 Å². The molecule has 0 unspecified atom stereocenters. The van der Waals surface area contributed by atoms with E-state index in [0.29, 0.717) is 0 Å². The normalized spacial score (nSPS) is 14.8. The third-order valence-corrected chi connectivity index (χ3v) is 4.11. The number of hydrogen-bond acceptors (Lipinski definition) is 2. The second-order valence-corrected chi connectivity index (χ2v) is 5.13. The first-order valence-electron chi connectivity index (χ1n) is 5.41. The van der Waals surface area contributed by atoms with Gasteiger partial charge in [-0.1, -0.05) is 12.1 Å². The first-order chi connectivity index (χ1) is 7.83. The molecule has 2 aromatic rings. The lowest BCUT2D eigenvalue weighted by molar-refractivity contribution is 0.628. The standard InChI is InChI=1S/C13H12FNS/c14-11-3-1-9(2-4-11)12-7-10-5-6-15-8-13(10)16-12/h1-4,7,15H,5-6,8H2. The Bertz CT molecular complexity index is 478. The number of thiophene rings is 1. The van der Waals surface area contributed by atoms with Crippen molar-refractivity contribution in [3.63, 3.8) is 0 Å². The minimum Gasteiger partial charge on any atom is -0.312 e. The Morgan fingerprint density at radius 1 is 1.19 bits per heavy atom. The Kier molecular flexibility index (Phi) is 2.50. The number of nitrogens with one attached hydrogen (secondary N) is 1. The molecule has 3 heteroatoms. The highest BCUT2D eigenvalue weighted by molar-refractivity contribution is 7.15. The van der Waals surface area contributed by atoms with Gasteiger partial charge in [-0.2, -0.15) is 0 Å². The lowest BCUT2D eigenvalue weighted by atomic mass is 10.1. The van der Waals surface area contributed by atoms with Crippen LogP contribution in [0.5, 0.6) is 0 Å². The lowest BCUT2D eigenvalue weighted by Gasteiger charge is -2.10. The summed E-state index contributed by atoms with van der Waals surface area (Å²) in [4.78, 5) is 2.67. The molecule has 0 fully saturated rings. The molecule has 1 aromatic carbocycles.